The standard InChI is InChI=1S/C25H34F3N3O6S/c1-24(2,3)37-23(34)29-18-8-9-20(16(13-18)14-38(4,35)36)31-11-10-19(22(31)33)30-21(32)15-6-5-7-17(12-15)25(26,27)28/h5-7,12,16,18-20H,8-11,13-14H2,1-4H3,(H,29,34)(H,30,32)/t16-,18+,19-,20-/m0/s1. The Labute approximate surface area is 220 Å². The molecular formula is C25H34F3N3O6S. The lowest BCUT2D eigenvalue weighted by Gasteiger charge is -2.41. The van der Waals surface area contributed by atoms with E-state index in [2.05, 4.69) is 10.6 Å². The van der Waals surface area contributed by atoms with Crippen LogP contribution in [0.15, 0.2) is 24.3 Å². The molecule has 1 saturated carbocycles. The van der Waals surface area contributed by atoms with Crippen LogP contribution in [-0.4, -0.2) is 73.5 Å². The summed E-state index contributed by atoms with van der Waals surface area (Å²) in [6, 6.07) is 2.26. The van der Waals surface area contributed by atoms with Crippen molar-refractivity contribution in [2.24, 2.45) is 5.92 Å². The molecule has 2 aliphatic rings. The Kier molecular flexibility index (Phi) is 8.69. The Morgan fingerprint density at radius 1 is 1.11 bits per heavy atom. The molecule has 0 spiro atoms. The number of alkyl carbamates (subject to hydrolysis) is 1. The van der Waals surface area contributed by atoms with Crippen LogP contribution >= 0.6 is 0 Å². The third-order valence-corrected chi connectivity index (χ3v) is 7.61. The number of hydrogen-bond acceptors (Lipinski definition) is 6. The summed E-state index contributed by atoms with van der Waals surface area (Å²) in [6.07, 6.45) is -2.61. The highest BCUT2D eigenvalue weighted by Crippen LogP contribution is 2.33. The Balaban J connectivity index is 1.68. The Morgan fingerprint density at radius 3 is 2.39 bits per heavy atom. The molecule has 3 amide bonds. The number of benzene rings is 1. The van der Waals surface area contributed by atoms with Gasteiger partial charge >= 0.3 is 12.3 Å². The van der Waals surface area contributed by atoms with E-state index >= 15 is 0 Å². The first-order valence-corrected chi connectivity index (χ1v) is 14.4. The van der Waals surface area contributed by atoms with Gasteiger partial charge < -0.3 is 20.3 Å². The molecule has 1 aromatic rings. The number of hydrogen-bond donors (Lipinski definition) is 2. The molecule has 0 aromatic heterocycles. The molecule has 1 heterocycles. The molecule has 1 aliphatic heterocycles. The van der Waals surface area contributed by atoms with Crippen LogP contribution < -0.4 is 10.6 Å². The zero-order valence-corrected chi connectivity index (χ0v) is 22.6. The largest absolute Gasteiger partial charge is 0.444 e. The average Bonchev–Trinajstić information content (AvgIpc) is 3.11. The molecule has 2 N–H and O–H groups in total. The number of carbonyl (C=O) groups excluding carboxylic acids is 3. The molecule has 38 heavy (non-hydrogen) atoms. The second-order valence-corrected chi connectivity index (χ2v) is 13.2. The van der Waals surface area contributed by atoms with Crippen molar-refractivity contribution in [1.29, 1.82) is 0 Å². The third-order valence-electron chi connectivity index (χ3n) is 6.58. The van der Waals surface area contributed by atoms with Crippen molar-refractivity contribution in [3.05, 3.63) is 35.4 Å². The summed E-state index contributed by atoms with van der Waals surface area (Å²) in [5.41, 5.74) is -1.87. The summed E-state index contributed by atoms with van der Waals surface area (Å²) in [4.78, 5) is 39.6. The van der Waals surface area contributed by atoms with E-state index in [1.807, 2.05) is 0 Å². The number of nitrogens with zero attached hydrogens (tertiary/aromatic N) is 1. The predicted molar refractivity (Wildman–Crippen MR) is 133 cm³/mol. The minimum atomic E-state index is -4.61. The summed E-state index contributed by atoms with van der Waals surface area (Å²) in [6.45, 7) is 5.47. The molecule has 3 rings (SSSR count). The van der Waals surface area contributed by atoms with Crippen molar-refractivity contribution in [1.82, 2.24) is 15.5 Å². The molecule has 1 aromatic carbocycles. The van der Waals surface area contributed by atoms with Crippen molar-refractivity contribution in [2.75, 3.05) is 18.6 Å². The van der Waals surface area contributed by atoms with Gasteiger partial charge in [0.1, 0.15) is 21.5 Å². The Morgan fingerprint density at radius 2 is 1.79 bits per heavy atom. The van der Waals surface area contributed by atoms with E-state index in [0.717, 1.165) is 24.5 Å². The average molecular weight is 562 g/mol. The Hall–Kier alpha value is -2.83. The molecule has 4 atom stereocenters. The van der Waals surface area contributed by atoms with E-state index < -0.39 is 63.1 Å². The van der Waals surface area contributed by atoms with Crippen molar-refractivity contribution in [3.8, 4) is 0 Å². The van der Waals surface area contributed by atoms with E-state index in [1.54, 1.807) is 25.7 Å². The number of alkyl halides is 3. The van der Waals surface area contributed by atoms with Crippen LogP contribution in [0.25, 0.3) is 0 Å². The first kappa shape index (κ1) is 29.7. The number of nitrogens with one attached hydrogen (secondary N) is 2. The lowest BCUT2D eigenvalue weighted by molar-refractivity contribution is -0.137. The maximum absolute atomic E-state index is 13.2. The fourth-order valence-corrected chi connectivity index (χ4v) is 6.21. The van der Waals surface area contributed by atoms with Gasteiger partial charge in [0.05, 0.1) is 11.3 Å². The van der Waals surface area contributed by atoms with Crippen LogP contribution in [0, 0.1) is 5.92 Å². The van der Waals surface area contributed by atoms with Gasteiger partial charge in [0, 0.05) is 30.4 Å². The molecule has 9 nitrogen and oxygen atoms in total. The second-order valence-electron chi connectivity index (χ2n) is 11.0. The van der Waals surface area contributed by atoms with E-state index in [0.29, 0.717) is 19.3 Å². The van der Waals surface area contributed by atoms with Gasteiger partial charge in [-0.05, 0) is 70.6 Å². The van der Waals surface area contributed by atoms with Crippen LogP contribution in [0.1, 0.15) is 62.4 Å². The van der Waals surface area contributed by atoms with E-state index in [1.165, 1.54) is 6.07 Å². The highest BCUT2D eigenvalue weighted by molar-refractivity contribution is 7.90. The number of carbonyl (C=O) groups is 3. The number of ether oxygens (including phenoxy) is 1. The molecule has 212 valence electrons. The lowest BCUT2D eigenvalue weighted by atomic mass is 9.81. The zero-order chi connectivity index (χ0) is 28.5. The zero-order valence-electron chi connectivity index (χ0n) is 21.8. The topological polar surface area (TPSA) is 122 Å². The van der Waals surface area contributed by atoms with Crippen LogP contribution in [0.4, 0.5) is 18.0 Å². The van der Waals surface area contributed by atoms with E-state index in [4.69, 9.17) is 4.74 Å². The van der Waals surface area contributed by atoms with Crippen LogP contribution in [0.3, 0.4) is 0 Å². The normalized spacial score (nSPS) is 24.7. The van der Waals surface area contributed by atoms with Crippen LogP contribution in [-0.2, 0) is 25.5 Å². The van der Waals surface area contributed by atoms with E-state index in [9.17, 15) is 36.0 Å². The number of sulfone groups is 1. The molecular weight excluding hydrogens is 527 g/mol. The predicted octanol–water partition coefficient (Wildman–Crippen LogP) is 3.14. The quantitative estimate of drug-likeness (QED) is 0.551. The van der Waals surface area contributed by atoms with Crippen LogP contribution in [0.5, 0.6) is 0 Å². The van der Waals surface area contributed by atoms with Gasteiger partial charge in [0.15, 0.2) is 0 Å². The first-order chi connectivity index (χ1) is 17.4. The highest BCUT2D eigenvalue weighted by atomic mass is 32.2. The molecule has 1 aliphatic carbocycles. The van der Waals surface area contributed by atoms with Crippen molar-refractivity contribution >= 4 is 27.7 Å². The number of amides is 3. The fraction of sp³-hybridized carbons (Fsp3) is 0.640. The monoisotopic (exact) mass is 561 g/mol. The lowest BCUT2D eigenvalue weighted by Crippen LogP contribution is -2.53. The number of rotatable bonds is 6. The van der Waals surface area contributed by atoms with Crippen molar-refractivity contribution in [3.63, 3.8) is 0 Å². The minimum absolute atomic E-state index is 0.185. The second kappa shape index (κ2) is 11.1. The summed E-state index contributed by atoms with van der Waals surface area (Å²) in [5.74, 6) is -1.85. The molecule has 1 saturated heterocycles. The molecule has 0 radical (unpaired) electrons. The van der Waals surface area contributed by atoms with E-state index in [-0.39, 0.29) is 30.3 Å². The SMILES string of the molecule is CC(C)(C)OC(=O)N[C@@H]1CC[C@H](N2CC[C@H](NC(=O)c3cccc(C(F)(F)F)c3)C2=O)[C@H](CS(C)(=O)=O)C1. The van der Waals surface area contributed by atoms with Gasteiger partial charge in [0.2, 0.25) is 5.91 Å². The van der Waals surface area contributed by atoms with Gasteiger partial charge in [0.25, 0.3) is 5.91 Å². The maximum atomic E-state index is 13.2. The third kappa shape index (κ3) is 8.08. The maximum Gasteiger partial charge on any atom is 0.416 e. The molecule has 2 fully saturated rings. The number of likely N-dealkylation sites (tertiary alicyclic amines) is 1. The van der Waals surface area contributed by atoms with Gasteiger partial charge in [-0.3, -0.25) is 9.59 Å². The summed E-state index contributed by atoms with van der Waals surface area (Å²) < 4.78 is 68.7. The van der Waals surface area contributed by atoms with Crippen LogP contribution in [0.2, 0.25) is 0 Å². The molecule has 13 heteroatoms. The fourth-order valence-electron chi connectivity index (χ4n) is 5.08. The molecule has 0 unspecified atom stereocenters. The van der Waals surface area contributed by atoms with Gasteiger partial charge in [-0.15, -0.1) is 0 Å². The van der Waals surface area contributed by atoms with Crippen molar-refractivity contribution < 1.29 is 40.7 Å². The van der Waals surface area contributed by atoms with Gasteiger partial charge in [-0.25, -0.2) is 13.2 Å². The number of halogens is 3. The highest BCUT2D eigenvalue weighted by Gasteiger charge is 2.43. The first-order valence-electron chi connectivity index (χ1n) is 12.4. The van der Waals surface area contributed by atoms with Gasteiger partial charge in [-0.1, -0.05) is 6.07 Å². The summed E-state index contributed by atoms with van der Waals surface area (Å²) >= 11 is 0. The molecule has 0 bridgehead atoms. The summed E-state index contributed by atoms with van der Waals surface area (Å²) in [5, 5.41) is 5.31. The Bertz CT molecular complexity index is 1170. The van der Waals surface area contributed by atoms with Crippen molar-refractivity contribution in [2.45, 2.75) is 76.4 Å². The van der Waals surface area contributed by atoms with Gasteiger partial charge in [-0.2, -0.15) is 13.2 Å². The summed E-state index contributed by atoms with van der Waals surface area (Å²) in [7, 11) is -3.41. The smallest absolute Gasteiger partial charge is 0.416 e. The minimum Gasteiger partial charge on any atom is -0.444 e.